The van der Waals surface area contributed by atoms with Crippen molar-refractivity contribution in [3.8, 4) is 5.75 Å². The van der Waals surface area contributed by atoms with Gasteiger partial charge in [-0.3, -0.25) is 4.79 Å². The minimum absolute atomic E-state index is 0.104. The highest BCUT2D eigenvalue weighted by Gasteiger charge is 2.33. The summed E-state index contributed by atoms with van der Waals surface area (Å²) in [5, 5.41) is 3.40. The molecule has 0 aliphatic carbocycles. The number of methoxy groups -OCH3 is 1. The highest BCUT2D eigenvalue weighted by molar-refractivity contribution is 6.30. The van der Waals surface area contributed by atoms with Crippen LogP contribution in [0.1, 0.15) is 28.9 Å². The molecule has 1 N–H and O–H groups in total. The van der Waals surface area contributed by atoms with Gasteiger partial charge in [-0.2, -0.15) is 13.2 Å². The summed E-state index contributed by atoms with van der Waals surface area (Å²) in [5.74, 6) is 0.322. The molecule has 1 aromatic heterocycles. The molecule has 28 heavy (non-hydrogen) atoms. The summed E-state index contributed by atoms with van der Waals surface area (Å²) in [6.45, 7) is 0.939. The molecule has 1 aliphatic rings. The Morgan fingerprint density at radius 3 is 2.61 bits per heavy atom. The van der Waals surface area contributed by atoms with Crippen LogP contribution in [0.2, 0.25) is 5.02 Å². The third-order valence-corrected chi connectivity index (χ3v) is 4.74. The summed E-state index contributed by atoms with van der Waals surface area (Å²) in [6.07, 6.45) is -2.44. The Morgan fingerprint density at radius 1 is 1.25 bits per heavy atom. The number of rotatable bonds is 4. The fraction of sp³-hybridized carbons (Fsp3) is 0.389. The summed E-state index contributed by atoms with van der Waals surface area (Å²) >= 11 is 5.91. The third-order valence-electron chi connectivity index (χ3n) is 4.51. The second kappa shape index (κ2) is 8.22. The van der Waals surface area contributed by atoms with Gasteiger partial charge in [-0.05, 0) is 31.0 Å². The van der Waals surface area contributed by atoms with E-state index in [-0.39, 0.29) is 17.8 Å². The van der Waals surface area contributed by atoms with Crippen molar-refractivity contribution >= 4 is 23.3 Å². The van der Waals surface area contributed by atoms with E-state index in [0.29, 0.717) is 42.3 Å². The number of carbonyl (C=O) groups is 1. The van der Waals surface area contributed by atoms with Crippen molar-refractivity contribution in [2.24, 2.45) is 0 Å². The molecule has 1 fully saturated rings. The number of nitrogens with one attached hydrogen (secondary N) is 1. The van der Waals surface area contributed by atoms with Gasteiger partial charge < -0.3 is 15.0 Å². The molecule has 0 radical (unpaired) electrons. The first-order valence-corrected chi connectivity index (χ1v) is 8.94. The molecule has 150 valence electrons. The molecule has 0 bridgehead atoms. The van der Waals surface area contributed by atoms with Gasteiger partial charge in [0.1, 0.15) is 23.6 Å². The second-order valence-corrected chi connectivity index (χ2v) is 6.78. The lowest BCUT2D eigenvalue weighted by Crippen LogP contribution is -2.45. The molecular weight excluding hydrogens is 397 g/mol. The number of amides is 1. The Morgan fingerprint density at radius 2 is 1.96 bits per heavy atom. The van der Waals surface area contributed by atoms with E-state index in [9.17, 15) is 18.0 Å². The summed E-state index contributed by atoms with van der Waals surface area (Å²) in [6, 6.07) is 5.59. The molecule has 0 saturated carbocycles. The average molecular weight is 415 g/mol. The van der Waals surface area contributed by atoms with Crippen LogP contribution in [0.5, 0.6) is 5.75 Å². The van der Waals surface area contributed by atoms with Gasteiger partial charge in [-0.1, -0.05) is 11.6 Å². The molecule has 10 heteroatoms. The standard InChI is InChI=1S/C18H18ClF3N4O2/c1-28-14-8-11(19)2-3-13(14)17(27)25-12-4-6-26(7-5-12)16-9-15(18(20,21)22)23-10-24-16/h2-3,8-10,12H,4-7H2,1H3,(H,25,27). The van der Waals surface area contributed by atoms with Gasteiger partial charge in [-0.25, -0.2) is 9.97 Å². The van der Waals surface area contributed by atoms with Crippen LogP contribution in [0.25, 0.3) is 0 Å². The van der Waals surface area contributed by atoms with Gasteiger partial charge >= 0.3 is 6.18 Å². The predicted octanol–water partition coefficient (Wildman–Crippen LogP) is 3.56. The maximum absolute atomic E-state index is 12.8. The summed E-state index contributed by atoms with van der Waals surface area (Å²) in [4.78, 5) is 21.5. The van der Waals surface area contributed by atoms with E-state index in [1.165, 1.54) is 7.11 Å². The van der Waals surface area contributed by atoms with E-state index in [1.54, 1.807) is 23.1 Å². The number of benzene rings is 1. The Kier molecular flexibility index (Phi) is 5.93. The van der Waals surface area contributed by atoms with Crippen molar-refractivity contribution in [2.45, 2.75) is 25.1 Å². The minimum atomic E-state index is -4.51. The molecule has 3 rings (SSSR count). The number of aromatic nitrogens is 2. The SMILES string of the molecule is COc1cc(Cl)ccc1C(=O)NC1CCN(c2cc(C(F)(F)F)ncn2)CC1. The maximum Gasteiger partial charge on any atom is 0.433 e. The molecule has 1 aliphatic heterocycles. The molecule has 2 heterocycles. The van der Waals surface area contributed by atoms with Crippen LogP contribution >= 0.6 is 11.6 Å². The van der Waals surface area contributed by atoms with E-state index < -0.39 is 11.9 Å². The largest absolute Gasteiger partial charge is 0.496 e. The molecule has 1 saturated heterocycles. The smallest absolute Gasteiger partial charge is 0.433 e. The number of ether oxygens (including phenoxy) is 1. The zero-order valence-corrected chi connectivity index (χ0v) is 15.7. The molecule has 6 nitrogen and oxygen atoms in total. The van der Waals surface area contributed by atoms with Crippen molar-refractivity contribution in [2.75, 3.05) is 25.1 Å². The predicted molar refractivity (Wildman–Crippen MR) is 97.7 cm³/mol. The van der Waals surface area contributed by atoms with Gasteiger partial charge in [0.05, 0.1) is 12.7 Å². The zero-order valence-electron chi connectivity index (χ0n) is 15.0. The Labute approximate surface area is 164 Å². The molecule has 0 spiro atoms. The van der Waals surface area contributed by atoms with Gasteiger partial charge in [-0.15, -0.1) is 0 Å². The van der Waals surface area contributed by atoms with Gasteiger partial charge in [0.15, 0.2) is 0 Å². The number of anilines is 1. The van der Waals surface area contributed by atoms with Crippen LogP contribution in [-0.2, 0) is 6.18 Å². The average Bonchev–Trinajstić information content (AvgIpc) is 2.67. The highest BCUT2D eigenvalue weighted by Crippen LogP contribution is 2.30. The van der Waals surface area contributed by atoms with E-state index >= 15 is 0 Å². The van der Waals surface area contributed by atoms with Gasteiger partial charge in [0.2, 0.25) is 0 Å². The first-order chi connectivity index (χ1) is 13.3. The number of alkyl halides is 3. The van der Waals surface area contributed by atoms with Crippen molar-refractivity contribution in [1.82, 2.24) is 15.3 Å². The van der Waals surface area contributed by atoms with Crippen LogP contribution < -0.4 is 15.0 Å². The number of halogens is 4. The lowest BCUT2D eigenvalue weighted by atomic mass is 10.0. The van der Waals surface area contributed by atoms with Crippen LogP contribution in [0, 0.1) is 0 Å². The van der Waals surface area contributed by atoms with Gasteiger partial charge in [0, 0.05) is 30.2 Å². The molecule has 0 atom stereocenters. The highest BCUT2D eigenvalue weighted by atomic mass is 35.5. The third kappa shape index (κ3) is 4.64. The minimum Gasteiger partial charge on any atom is -0.496 e. The van der Waals surface area contributed by atoms with Crippen molar-refractivity contribution < 1.29 is 22.7 Å². The number of nitrogens with zero attached hydrogens (tertiary/aromatic N) is 3. The molecule has 2 aromatic rings. The fourth-order valence-corrected chi connectivity index (χ4v) is 3.21. The second-order valence-electron chi connectivity index (χ2n) is 6.34. The monoisotopic (exact) mass is 414 g/mol. The quantitative estimate of drug-likeness (QED) is 0.828. The normalized spacial score (nSPS) is 15.4. The number of hydrogen-bond acceptors (Lipinski definition) is 5. The molecule has 1 aromatic carbocycles. The molecule has 0 unspecified atom stereocenters. The Balaban J connectivity index is 1.61. The number of carbonyl (C=O) groups excluding carboxylic acids is 1. The zero-order chi connectivity index (χ0) is 20.3. The fourth-order valence-electron chi connectivity index (χ4n) is 3.04. The van der Waals surface area contributed by atoms with E-state index in [0.717, 1.165) is 12.4 Å². The maximum atomic E-state index is 12.8. The molecule has 1 amide bonds. The summed E-state index contributed by atoms with van der Waals surface area (Å²) < 4.78 is 43.6. The van der Waals surface area contributed by atoms with Crippen LogP contribution in [0.15, 0.2) is 30.6 Å². The molecular formula is C18H18ClF3N4O2. The lowest BCUT2D eigenvalue weighted by molar-refractivity contribution is -0.141. The number of piperidine rings is 1. The van der Waals surface area contributed by atoms with Gasteiger partial charge in [0.25, 0.3) is 5.91 Å². The first kappa shape index (κ1) is 20.2. The topological polar surface area (TPSA) is 67.3 Å². The van der Waals surface area contributed by atoms with Crippen molar-refractivity contribution in [1.29, 1.82) is 0 Å². The van der Waals surface area contributed by atoms with Crippen LogP contribution in [0.4, 0.5) is 19.0 Å². The van der Waals surface area contributed by atoms with Crippen molar-refractivity contribution in [3.63, 3.8) is 0 Å². The van der Waals surface area contributed by atoms with E-state index in [2.05, 4.69) is 15.3 Å². The van der Waals surface area contributed by atoms with Crippen LogP contribution in [0.3, 0.4) is 0 Å². The Hall–Kier alpha value is -2.55. The summed E-state index contributed by atoms with van der Waals surface area (Å²) in [7, 11) is 1.46. The lowest BCUT2D eigenvalue weighted by Gasteiger charge is -2.33. The Bertz CT molecular complexity index is 855. The number of hydrogen-bond donors (Lipinski definition) is 1. The van der Waals surface area contributed by atoms with Crippen molar-refractivity contribution in [3.05, 3.63) is 46.9 Å². The summed E-state index contributed by atoms with van der Waals surface area (Å²) in [5.41, 5.74) is -0.595. The van der Waals surface area contributed by atoms with E-state index in [1.807, 2.05) is 0 Å². The van der Waals surface area contributed by atoms with Crippen LogP contribution in [-0.4, -0.2) is 42.1 Å². The first-order valence-electron chi connectivity index (χ1n) is 8.56. The van der Waals surface area contributed by atoms with E-state index in [4.69, 9.17) is 16.3 Å².